The van der Waals surface area contributed by atoms with Crippen LogP contribution >= 0.6 is 22.6 Å². The second-order valence-electron chi connectivity index (χ2n) is 2.47. The summed E-state index contributed by atoms with van der Waals surface area (Å²) in [6, 6.07) is 4.53. The number of hydrogen-bond acceptors (Lipinski definition) is 3. The highest BCUT2D eigenvalue weighted by atomic mass is 127. The van der Waals surface area contributed by atoms with Crippen molar-refractivity contribution in [3.63, 3.8) is 0 Å². The van der Waals surface area contributed by atoms with Crippen LogP contribution in [0.25, 0.3) is 0 Å². The van der Waals surface area contributed by atoms with Gasteiger partial charge < -0.3 is 0 Å². The Labute approximate surface area is 88.2 Å². The van der Waals surface area contributed by atoms with Gasteiger partial charge in [-0.15, -0.1) is 0 Å². The molecule has 1 aromatic carbocycles. The largest absolute Gasteiger partial charge is 0.294 e. The number of benzene rings is 1. The Bertz CT molecular complexity index is 376. The average molecular weight is 291 g/mol. The van der Waals surface area contributed by atoms with Gasteiger partial charge in [-0.1, -0.05) is 0 Å². The smallest absolute Gasteiger partial charge is 0.281 e. The molecule has 0 amide bonds. The minimum atomic E-state index is -0.543. The van der Waals surface area contributed by atoms with Crippen LogP contribution < -0.4 is 0 Å². The molecule has 0 N–H and O–H groups in total. The van der Waals surface area contributed by atoms with E-state index in [9.17, 15) is 14.9 Å². The third kappa shape index (κ3) is 2.24. The summed E-state index contributed by atoms with van der Waals surface area (Å²) in [5.41, 5.74) is 0.0322. The van der Waals surface area contributed by atoms with E-state index in [2.05, 4.69) is 0 Å². The van der Waals surface area contributed by atoms with Crippen LogP contribution in [-0.2, 0) is 0 Å². The number of nitro groups is 1. The predicted octanol–water partition coefficient (Wildman–Crippen LogP) is 2.40. The first-order valence-corrected chi connectivity index (χ1v) is 4.55. The number of carbonyl (C=O) groups excluding carboxylic acids is 1. The van der Waals surface area contributed by atoms with Crippen LogP contribution in [0.1, 0.15) is 17.3 Å². The lowest BCUT2D eigenvalue weighted by molar-refractivity contribution is -0.385. The fraction of sp³-hybridized carbons (Fsp3) is 0.125. The topological polar surface area (TPSA) is 60.2 Å². The first kappa shape index (κ1) is 10.1. The number of halogens is 1. The Morgan fingerprint density at radius 2 is 2.15 bits per heavy atom. The summed E-state index contributed by atoms with van der Waals surface area (Å²) in [4.78, 5) is 21.0. The molecule has 0 unspecified atom stereocenters. The minimum absolute atomic E-state index is 0.126. The van der Waals surface area contributed by atoms with Crippen molar-refractivity contribution < 1.29 is 9.72 Å². The third-order valence-electron chi connectivity index (χ3n) is 1.54. The van der Waals surface area contributed by atoms with Crippen molar-refractivity contribution in [2.24, 2.45) is 0 Å². The van der Waals surface area contributed by atoms with Crippen molar-refractivity contribution in [1.82, 2.24) is 0 Å². The lowest BCUT2D eigenvalue weighted by Gasteiger charge is -1.98. The molecule has 4 nitrogen and oxygen atoms in total. The van der Waals surface area contributed by atoms with Crippen LogP contribution in [0, 0.1) is 13.7 Å². The summed E-state index contributed by atoms with van der Waals surface area (Å²) in [6.45, 7) is 1.31. The van der Waals surface area contributed by atoms with Gasteiger partial charge in [0.15, 0.2) is 5.78 Å². The fourth-order valence-electron chi connectivity index (χ4n) is 0.954. The number of nitrogens with zero attached hydrogens (tertiary/aromatic N) is 1. The van der Waals surface area contributed by atoms with E-state index in [1.165, 1.54) is 19.1 Å². The molecule has 0 aliphatic rings. The van der Waals surface area contributed by atoms with E-state index in [4.69, 9.17) is 0 Å². The van der Waals surface area contributed by atoms with Crippen LogP contribution in [0.4, 0.5) is 5.69 Å². The molecule has 0 aliphatic carbocycles. The summed E-state index contributed by atoms with van der Waals surface area (Å²) in [6.07, 6.45) is 0. The van der Waals surface area contributed by atoms with Crippen LogP contribution in [0.15, 0.2) is 18.2 Å². The summed E-state index contributed by atoms with van der Waals surface area (Å²) >= 11 is 1.96. The Morgan fingerprint density at radius 3 is 2.62 bits per heavy atom. The van der Waals surface area contributed by atoms with Gasteiger partial charge >= 0.3 is 0 Å². The van der Waals surface area contributed by atoms with Gasteiger partial charge in [-0.05, 0) is 41.6 Å². The molecule has 5 heteroatoms. The van der Waals surface area contributed by atoms with Gasteiger partial charge in [-0.25, -0.2) is 0 Å². The molecular formula is C8H6INO3. The zero-order valence-electron chi connectivity index (χ0n) is 6.78. The molecule has 0 radical (unpaired) electrons. The maximum absolute atomic E-state index is 11.0. The molecule has 0 atom stereocenters. The highest BCUT2D eigenvalue weighted by Crippen LogP contribution is 2.21. The van der Waals surface area contributed by atoms with Gasteiger partial charge in [0.05, 0.1) is 10.5 Å². The van der Waals surface area contributed by atoms with Crippen molar-refractivity contribution in [2.45, 2.75) is 6.92 Å². The number of nitro benzene ring substituents is 1. The molecule has 0 aromatic heterocycles. The maximum atomic E-state index is 11.0. The lowest BCUT2D eigenvalue weighted by atomic mass is 10.1. The average Bonchev–Trinajstić information content (AvgIpc) is 2.03. The Kier molecular flexibility index (Phi) is 2.97. The summed E-state index contributed by atoms with van der Waals surface area (Å²) < 4.78 is 0.745. The van der Waals surface area contributed by atoms with E-state index < -0.39 is 4.92 Å². The first-order valence-electron chi connectivity index (χ1n) is 3.47. The lowest BCUT2D eigenvalue weighted by Crippen LogP contribution is -2.00. The molecule has 0 heterocycles. The summed E-state index contributed by atoms with van der Waals surface area (Å²) in [5.74, 6) is -0.289. The van der Waals surface area contributed by atoms with Gasteiger partial charge in [0.2, 0.25) is 0 Å². The Hall–Kier alpha value is -0.980. The number of hydrogen-bond donors (Lipinski definition) is 0. The fourth-order valence-corrected chi connectivity index (χ4v) is 1.43. The van der Waals surface area contributed by atoms with Crippen molar-refractivity contribution >= 4 is 34.1 Å². The molecule has 0 aliphatic heterocycles. The van der Waals surface area contributed by atoms with Gasteiger partial charge in [-0.3, -0.25) is 14.9 Å². The highest BCUT2D eigenvalue weighted by Gasteiger charge is 2.16. The molecule has 0 fully saturated rings. The number of carbonyl (C=O) groups is 1. The molecule has 0 saturated heterocycles. The van der Waals surface area contributed by atoms with Gasteiger partial charge in [0, 0.05) is 9.64 Å². The Morgan fingerprint density at radius 1 is 1.54 bits per heavy atom. The van der Waals surface area contributed by atoms with E-state index in [0.29, 0.717) is 0 Å². The maximum Gasteiger partial charge on any atom is 0.281 e. The monoisotopic (exact) mass is 291 g/mol. The normalized spacial score (nSPS) is 9.69. The van der Waals surface area contributed by atoms with E-state index in [-0.39, 0.29) is 17.0 Å². The zero-order chi connectivity index (χ0) is 10.0. The minimum Gasteiger partial charge on any atom is -0.294 e. The molecule has 0 bridgehead atoms. The van der Waals surface area contributed by atoms with E-state index >= 15 is 0 Å². The molecule has 0 spiro atoms. The number of rotatable bonds is 2. The van der Waals surface area contributed by atoms with E-state index in [1.807, 2.05) is 22.6 Å². The van der Waals surface area contributed by atoms with Gasteiger partial charge in [-0.2, -0.15) is 0 Å². The van der Waals surface area contributed by atoms with Crippen molar-refractivity contribution in [2.75, 3.05) is 0 Å². The van der Waals surface area contributed by atoms with Crippen LogP contribution in [-0.4, -0.2) is 10.7 Å². The van der Waals surface area contributed by atoms with E-state index in [0.717, 1.165) is 3.57 Å². The van der Waals surface area contributed by atoms with Crippen LogP contribution in [0.3, 0.4) is 0 Å². The molecular weight excluding hydrogens is 285 g/mol. The highest BCUT2D eigenvalue weighted by molar-refractivity contribution is 14.1. The van der Waals surface area contributed by atoms with Crippen LogP contribution in [0.5, 0.6) is 0 Å². The third-order valence-corrected chi connectivity index (χ3v) is 2.21. The van der Waals surface area contributed by atoms with Crippen LogP contribution in [0.2, 0.25) is 0 Å². The summed E-state index contributed by atoms with van der Waals surface area (Å²) in [5, 5.41) is 10.5. The second kappa shape index (κ2) is 3.82. The van der Waals surface area contributed by atoms with Crippen molar-refractivity contribution in [3.05, 3.63) is 37.4 Å². The molecule has 0 saturated carbocycles. The van der Waals surface area contributed by atoms with E-state index in [1.54, 1.807) is 6.07 Å². The van der Waals surface area contributed by atoms with Gasteiger partial charge in [0.1, 0.15) is 0 Å². The molecule has 68 valence electrons. The number of Topliss-reactive ketones (excluding diaryl/α,β-unsaturated/α-hetero) is 1. The molecule has 1 aromatic rings. The SMILES string of the molecule is CC(=O)c1ccc(I)cc1[N+](=O)[O-]. The first-order chi connectivity index (χ1) is 6.02. The number of ketones is 1. The van der Waals surface area contributed by atoms with Crippen molar-refractivity contribution in [3.8, 4) is 0 Å². The van der Waals surface area contributed by atoms with Gasteiger partial charge in [0.25, 0.3) is 5.69 Å². The Balaban J connectivity index is 3.35. The second-order valence-corrected chi connectivity index (χ2v) is 3.72. The standard InChI is InChI=1S/C8H6INO3/c1-5(11)7-3-2-6(9)4-8(7)10(12)13/h2-4H,1H3. The predicted molar refractivity (Wildman–Crippen MR) is 55.8 cm³/mol. The molecule has 1 rings (SSSR count). The zero-order valence-corrected chi connectivity index (χ0v) is 8.94. The summed E-state index contributed by atoms with van der Waals surface area (Å²) in [7, 11) is 0. The quantitative estimate of drug-likeness (QED) is 0.364. The van der Waals surface area contributed by atoms with Crippen molar-refractivity contribution in [1.29, 1.82) is 0 Å². The molecule has 13 heavy (non-hydrogen) atoms.